The number of hydrogen-bond acceptors (Lipinski definition) is 3. The van der Waals surface area contributed by atoms with Gasteiger partial charge in [0.1, 0.15) is 5.03 Å². The standard InChI is InChI=1S/C12H8ClF3N2S/c1-7-3-2-4-8(5-7)19-10-6-9(12(14,15)16)17-11(13)18-10/h2-6H,1H3. The van der Waals surface area contributed by atoms with Gasteiger partial charge in [-0.1, -0.05) is 29.5 Å². The van der Waals surface area contributed by atoms with E-state index in [1.165, 1.54) is 0 Å². The van der Waals surface area contributed by atoms with Crippen LogP contribution in [0.2, 0.25) is 5.28 Å². The van der Waals surface area contributed by atoms with Crippen LogP contribution in [0.5, 0.6) is 0 Å². The predicted octanol–water partition coefficient (Wildman–Crippen LogP) is 4.61. The van der Waals surface area contributed by atoms with Gasteiger partial charge in [-0.3, -0.25) is 0 Å². The number of aromatic nitrogens is 2. The Kier molecular flexibility index (Phi) is 4.01. The first-order chi connectivity index (χ1) is 8.84. The van der Waals surface area contributed by atoms with Gasteiger partial charge in [0.05, 0.1) is 0 Å². The van der Waals surface area contributed by atoms with Gasteiger partial charge in [-0.25, -0.2) is 9.97 Å². The second-order valence-corrected chi connectivity index (χ2v) is 5.21. The normalized spacial score (nSPS) is 11.6. The third kappa shape index (κ3) is 3.84. The van der Waals surface area contributed by atoms with Crippen LogP contribution in [0.4, 0.5) is 13.2 Å². The minimum absolute atomic E-state index is 0.165. The zero-order valence-electron chi connectivity index (χ0n) is 9.70. The number of aryl methyl sites for hydroxylation is 1. The number of halogens is 4. The van der Waals surface area contributed by atoms with Crippen molar-refractivity contribution in [1.29, 1.82) is 0 Å². The monoisotopic (exact) mass is 304 g/mol. The van der Waals surface area contributed by atoms with E-state index in [9.17, 15) is 13.2 Å². The molecule has 0 unspecified atom stereocenters. The van der Waals surface area contributed by atoms with E-state index < -0.39 is 17.2 Å². The van der Waals surface area contributed by atoms with Crippen molar-refractivity contribution >= 4 is 23.4 Å². The summed E-state index contributed by atoms with van der Waals surface area (Å²) in [5.74, 6) is 0. The highest BCUT2D eigenvalue weighted by Crippen LogP contribution is 2.33. The van der Waals surface area contributed by atoms with E-state index in [2.05, 4.69) is 9.97 Å². The van der Waals surface area contributed by atoms with Gasteiger partial charge in [-0.05, 0) is 30.7 Å². The Bertz CT molecular complexity index is 602. The first-order valence-corrected chi connectivity index (χ1v) is 6.40. The van der Waals surface area contributed by atoms with Crippen molar-refractivity contribution in [2.75, 3.05) is 0 Å². The van der Waals surface area contributed by atoms with E-state index in [0.717, 1.165) is 28.3 Å². The van der Waals surface area contributed by atoms with Crippen molar-refractivity contribution in [2.24, 2.45) is 0 Å². The van der Waals surface area contributed by atoms with Gasteiger partial charge in [0.15, 0.2) is 5.69 Å². The molecule has 2 aromatic rings. The van der Waals surface area contributed by atoms with Crippen LogP contribution < -0.4 is 0 Å². The van der Waals surface area contributed by atoms with Crippen molar-refractivity contribution in [3.8, 4) is 0 Å². The molecule has 0 aliphatic rings. The molecule has 0 N–H and O–H groups in total. The van der Waals surface area contributed by atoms with E-state index in [4.69, 9.17) is 11.6 Å². The molecular weight excluding hydrogens is 297 g/mol. The molecule has 2 nitrogen and oxygen atoms in total. The Morgan fingerprint density at radius 3 is 2.53 bits per heavy atom. The number of benzene rings is 1. The lowest BCUT2D eigenvalue weighted by atomic mass is 10.2. The first kappa shape index (κ1) is 14.1. The molecule has 7 heteroatoms. The predicted molar refractivity (Wildman–Crippen MR) is 67.3 cm³/mol. The maximum absolute atomic E-state index is 12.6. The Morgan fingerprint density at radius 2 is 1.89 bits per heavy atom. The SMILES string of the molecule is Cc1cccc(Sc2cc(C(F)(F)F)nc(Cl)n2)c1. The van der Waals surface area contributed by atoms with E-state index in [-0.39, 0.29) is 5.03 Å². The molecule has 0 saturated carbocycles. The minimum Gasteiger partial charge on any atom is -0.213 e. The molecule has 0 spiro atoms. The molecule has 0 aliphatic heterocycles. The Balaban J connectivity index is 2.33. The zero-order chi connectivity index (χ0) is 14.0. The van der Waals surface area contributed by atoms with Crippen LogP contribution in [-0.4, -0.2) is 9.97 Å². The lowest BCUT2D eigenvalue weighted by Gasteiger charge is -2.08. The Morgan fingerprint density at radius 1 is 1.16 bits per heavy atom. The summed E-state index contributed by atoms with van der Waals surface area (Å²) in [7, 11) is 0. The lowest BCUT2D eigenvalue weighted by Crippen LogP contribution is -2.09. The number of hydrogen-bond donors (Lipinski definition) is 0. The van der Waals surface area contributed by atoms with Crippen molar-refractivity contribution in [3.05, 3.63) is 46.9 Å². The van der Waals surface area contributed by atoms with Gasteiger partial charge in [-0.2, -0.15) is 13.2 Å². The van der Waals surface area contributed by atoms with Crippen molar-refractivity contribution < 1.29 is 13.2 Å². The molecule has 0 saturated heterocycles. The summed E-state index contributed by atoms with van der Waals surface area (Å²) in [6, 6.07) is 8.26. The fourth-order valence-corrected chi connectivity index (χ4v) is 2.56. The second-order valence-electron chi connectivity index (χ2n) is 3.78. The van der Waals surface area contributed by atoms with Crippen molar-refractivity contribution in [1.82, 2.24) is 9.97 Å². The summed E-state index contributed by atoms with van der Waals surface area (Å²) in [6.45, 7) is 1.90. The fourth-order valence-electron chi connectivity index (χ4n) is 1.39. The van der Waals surface area contributed by atoms with Crippen LogP contribution in [0, 0.1) is 6.92 Å². The fraction of sp³-hybridized carbons (Fsp3) is 0.167. The van der Waals surface area contributed by atoms with Crippen LogP contribution in [0.25, 0.3) is 0 Å². The molecule has 19 heavy (non-hydrogen) atoms. The average Bonchev–Trinajstić information content (AvgIpc) is 2.26. The van der Waals surface area contributed by atoms with Crippen LogP contribution in [-0.2, 0) is 6.18 Å². The summed E-state index contributed by atoms with van der Waals surface area (Å²) in [6.07, 6.45) is -4.53. The highest BCUT2D eigenvalue weighted by atomic mass is 35.5. The third-order valence-corrected chi connectivity index (χ3v) is 3.25. The molecule has 2 rings (SSSR count). The van der Waals surface area contributed by atoms with Crippen LogP contribution in [0.15, 0.2) is 40.3 Å². The summed E-state index contributed by atoms with van der Waals surface area (Å²) in [5.41, 5.74) is -0.0242. The highest BCUT2D eigenvalue weighted by Gasteiger charge is 2.33. The molecule has 1 aromatic carbocycles. The average molecular weight is 305 g/mol. The zero-order valence-corrected chi connectivity index (χ0v) is 11.3. The quantitative estimate of drug-likeness (QED) is 0.598. The molecule has 1 heterocycles. The van der Waals surface area contributed by atoms with Gasteiger partial charge >= 0.3 is 6.18 Å². The van der Waals surface area contributed by atoms with Crippen LogP contribution in [0.1, 0.15) is 11.3 Å². The summed E-state index contributed by atoms with van der Waals surface area (Å²) >= 11 is 6.63. The Labute approximate surface area is 117 Å². The van der Waals surface area contributed by atoms with Gasteiger partial charge in [-0.15, -0.1) is 0 Å². The second kappa shape index (κ2) is 5.38. The van der Waals surface area contributed by atoms with Crippen molar-refractivity contribution in [3.63, 3.8) is 0 Å². The van der Waals surface area contributed by atoms with Crippen LogP contribution >= 0.6 is 23.4 Å². The van der Waals surface area contributed by atoms with E-state index in [0.29, 0.717) is 0 Å². The molecule has 0 bridgehead atoms. The molecule has 100 valence electrons. The summed E-state index contributed by atoms with van der Waals surface area (Å²) < 4.78 is 37.8. The molecule has 0 amide bonds. The number of alkyl halides is 3. The maximum Gasteiger partial charge on any atom is 0.433 e. The molecular formula is C12H8ClF3N2S. The molecule has 0 fully saturated rings. The number of nitrogens with zero attached hydrogens (tertiary/aromatic N) is 2. The minimum atomic E-state index is -4.53. The third-order valence-electron chi connectivity index (χ3n) is 2.18. The highest BCUT2D eigenvalue weighted by molar-refractivity contribution is 7.99. The van der Waals surface area contributed by atoms with Gasteiger partial charge in [0, 0.05) is 11.0 Å². The van der Waals surface area contributed by atoms with Gasteiger partial charge < -0.3 is 0 Å². The summed E-state index contributed by atoms with van der Waals surface area (Å²) in [5, 5.41) is -0.247. The first-order valence-electron chi connectivity index (χ1n) is 5.21. The molecule has 0 atom stereocenters. The molecule has 1 aromatic heterocycles. The molecule has 0 aliphatic carbocycles. The van der Waals surface area contributed by atoms with E-state index in [1.54, 1.807) is 6.07 Å². The van der Waals surface area contributed by atoms with E-state index in [1.807, 2.05) is 25.1 Å². The van der Waals surface area contributed by atoms with Crippen LogP contribution in [0.3, 0.4) is 0 Å². The topological polar surface area (TPSA) is 25.8 Å². The molecule has 0 radical (unpaired) electrons. The van der Waals surface area contributed by atoms with E-state index >= 15 is 0 Å². The number of rotatable bonds is 2. The summed E-state index contributed by atoms with van der Waals surface area (Å²) in [4.78, 5) is 7.76. The lowest BCUT2D eigenvalue weighted by molar-refractivity contribution is -0.141. The van der Waals surface area contributed by atoms with Crippen molar-refractivity contribution in [2.45, 2.75) is 23.0 Å². The maximum atomic E-state index is 12.6. The largest absolute Gasteiger partial charge is 0.433 e. The van der Waals surface area contributed by atoms with Gasteiger partial charge in [0.25, 0.3) is 0 Å². The smallest absolute Gasteiger partial charge is 0.213 e. The van der Waals surface area contributed by atoms with Gasteiger partial charge in [0.2, 0.25) is 5.28 Å². The Hall–Kier alpha value is -1.27.